The summed E-state index contributed by atoms with van der Waals surface area (Å²) in [6, 6.07) is 11.1. The fraction of sp³-hybridized carbons (Fsp3) is 0.158. The molecule has 0 bridgehead atoms. The number of thiazole rings is 1. The fourth-order valence-electron chi connectivity index (χ4n) is 3.03. The summed E-state index contributed by atoms with van der Waals surface area (Å²) in [7, 11) is 1.52. The van der Waals surface area contributed by atoms with E-state index in [4.69, 9.17) is 4.74 Å². The minimum Gasteiger partial charge on any atom is -0.497 e. The maximum atomic E-state index is 13.0. The van der Waals surface area contributed by atoms with Crippen LogP contribution < -0.4 is 15.5 Å². The molecule has 1 aliphatic rings. The molecule has 0 aliphatic carbocycles. The minimum absolute atomic E-state index is 0.326. The molecule has 1 saturated heterocycles. The van der Waals surface area contributed by atoms with Gasteiger partial charge in [0.05, 0.1) is 22.8 Å². The number of fused-ring (bicyclic) bond motifs is 1. The highest BCUT2D eigenvalue weighted by molar-refractivity contribution is 7.16. The molecular weight excluding hydrogens is 380 g/mol. The number of benzene rings is 2. The SMILES string of the molecule is COc1cccc([C@@]2(C)NC(=O)N(NC(=O)c3ccc4ncsc4c3)C2=O)c1. The van der Waals surface area contributed by atoms with Gasteiger partial charge in [-0.2, -0.15) is 5.01 Å². The number of carbonyl (C=O) groups excluding carboxylic acids is 3. The maximum Gasteiger partial charge on any atom is 0.344 e. The average Bonchev–Trinajstić information content (AvgIpc) is 3.26. The first kappa shape index (κ1) is 17.9. The van der Waals surface area contributed by atoms with Crippen LogP contribution in [0.4, 0.5) is 4.79 Å². The molecule has 0 spiro atoms. The number of nitrogens with one attached hydrogen (secondary N) is 2. The molecule has 1 fully saturated rings. The lowest BCUT2D eigenvalue weighted by molar-refractivity contribution is -0.132. The lowest BCUT2D eigenvalue weighted by atomic mass is 9.92. The van der Waals surface area contributed by atoms with Gasteiger partial charge in [0.2, 0.25) is 0 Å². The van der Waals surface area contributed by atoms with Gasteiger partial charge in [0.25, 0.3) is 11.8 Å². The third-order valence-corrected chi connectivity index (χ3v) is 5.44. The molecule has 1 aromatic heterocycles. The monoisotopic (exact) mass is 396 g/mol. The fourth-order valence-corrected chi connectivity index (χ4v) is 3.75. The molecule has 8 nitrogen and oxygen atoms in total. The van der Waals surface area contributed by atoms with Crippen molar-refractivity contribution in [2.45, 2.75) is 12.5 Å². The molecule has 4 amide bonds. The van der Waals surface area contributed by atoms with E-state index in [1.165, 1.54) is 18.4 Å². The number of aromatic nitrogens is 1. The zero-order valence-electron chi connectivity index (χ0n) is 15.1. The van der Waals surface area contributed by atoms with Crippen LogP contribution in [0.5, 0.6) is 5.75 Å². The molecular formula is C19H16N4O4S. The summed E-state index contributed by atoms with van der Waals surface area (Å²) < 4.78 is 6.03. The minimum atomic E-state index is -1.32. The zero-order valence-corrected chi connectivity index (χ0v) is 15.9. The molecule has 2 heterocycles. The van der Waals surface area contributed by atoms with E-state index in [-0.39, 0.29) is 0 Å². The molecule has 2 aromatic carbocycles. The Bertz CT molecular complexity index is 1110. The first-order valence-corrected chi connectivity index (χ1v) is 9.26. The van der Waals surface area contributed by atoms with E-state index >= 15 is 0 Å². The predicted octanol–water partition coefficient (Wildman–Crippen LogP) is 2.42. The normalized spacial score (nSPS) is 19.0. The van der Waals surface area contributed by atoms with E-state index in [9.17, 15) is 14.4 Å². The number of hydrazine groups is 1. The molecule has 9 heteroatoms. The molecule has 3 aromatic rings. The van der Waals surface area contributed by atoms with Gasteiger partial charge in [-0.3, -0.25) is 15.0 Å². The van der Waals surface area contributed by atoms with Gasteiger partial charge in [0.15, 0.2) is 0 Å². The Morgan fingerprint density at radius 2 is 2.07 bits per heavy atom. The van der Waals surface area contributed by atoms with Crippen LogP contribution >= 0.6 is 11.3 Å². The number of hydrogen-bond donors (Lipinski definition) is 2. The second-order valence-corrected chi connectivity index (χ2v) is 7.29. The summed E-state index contributed by atoms with van der Waals surface area (Å²) >= 11 is 1.40. The predicted molar refractivity (Wildman–Crippen MR) is 103 cm³/mol. The number of hydrogen-bond acceptors (Lipinski definition) is 6. The van der Waals surface area contributed by atoms with Gasteiger partial charge in [-0.25, -0.2) is 9.78 Å². The Kier molecular flexibility index (Phi) is 4.23. The number of urea groups is 1. The largest absolute Gasteiger partial charge is 0.497 e. The van der Waals surface area contributed by atoms with Crippen molar-refractivity contribution in [1.29, 1.82) is 0 Å². The van der Waals surface area contributed by atoms with Crippen LogP contribution in [0, 0.1) is 0 Å². The molecule has 1 aliphatic heterocycles. The Labute approximate surface area is 164 Å². The highest BCUT2D eigenvalue weighted by Crippen LogP contribution is 2.30. The molecule has 1 atom stereocenters. The second kappa shape index (κ2) is 6.61. The molecule has 2 N–H and O–H groups in total. The van der Waals surface area contributed by atoms with Gasteiger partial charge in [-0.05, 0) is 42.8 Å². The number of rotatable bonds is 4. The number of amides is 4. The number of methoxy groups -OCH3 is 1. The van der Waals surface area contributed by atoms with Crippen molar-refractivity contribution in [3.8, 4) is 5.75 Å². The maximum absolute atomic E-state index is 13.0. The van der Waals surface area contributed by atoms with Gasteiger partial charge >= 0.3 is 6.03 Å². The number of nitrogens with zero attached hydrogens (tertiary/aromatic N) is 2. The first-order chi connectivity index (χ1) is 13.4. The second-order valence-electron chi connectivity index (χ2n) is 6.40. The summed E-state index contributed by atoms with van der Waals surface area (Å²) in [6.45, 7) is 1.58. The smallest absolute Gasteiger partial charge is 0.344 e. The molecule has 0 unspecified atom stereocenters. The molecule has 0 radical (unpaired) electrons. The molecule has 28 heavy (non-hydrogen) atoms. The lowest BCUT2D eigenvalue weighted by Crippen LogP contribution is -2.47. The summed E-state index contributed by atoms with van der Waals surface area (Å²) in [5.74, 6) is -0.590. The molecule has 0 saturated carbocycles. The Morgan fingerprint density at radius 3 is 2.86 bits per heavy atom. The van der Waals surface area contributed by atoms with E-state index in [1.54, 1.807) is 54.9 Å². The quantitative estimate of drug-likeness (QED) is 0.660. The van der Waals surface area contributed by atoms with Crippen molar-refractivity contribution in [2.24, 2.45) is 0 Å². The Morgan fingerprint density at radius 1 is 1.25 bits per heavy atom. The van der Waals surface area contributed by atoms with Gasteiger partial charge < -0.3 is 10.1 Å². The van der Waals surface area contributed by atoms with Crippen LogP contribution in [0.25, 0.3) is 10.2 Å². The third kappa shape index (κ3) is 2.85. The third-order valence-electron chi connectivity index (χ3n) is 4.64. The van der Waals surface area contributed by atoms with Crippen molar-refractivity contribution in [3.63, 3.8) is 0 Å². The van der Waals surface area contributed by atoms with Crippen molar-refractivity contribution in [2.75, 3.05) is 7.11 Å². The number of carbonyl (C=O) groups is 3. The summed E-state index contributed by atoms with van der Waals surface area (Å²) in [4.78, 5) is 42.1. The van der Waals surface area contributed by atoms with Crippen LogP contribution in [-0.2, 0) is 10.3 Å². The average molecular weight is 396 g/mol. The summed E-state index contributed by atoms with van der Waals surface area (Å²) in [6.07, 6.45) is 0. The lowest BCUT2D eigenvalue weighted by Gasteiger charge is -2.22. The van der Waals surface area contributed by atoms with Gasteiger partial charge in [-0.1, -0.05) is 12.1 Å². The molecule has 4 rings (SSSR count). The number of ether oxygens (including phenoxy) is 1. The van der Waals surface area contributed by atoms with Gasteiger partial charge in [-0.15, -0.1) is 11.3 Å². The topological polar surface area (TPSA) is 101 Å². The number of imide groups is 1. The van der Waals surface area contributed by atoms with E-state index in [0.717, 1.165) is 10.2 Å². The Balaban J connectivity index is 1.59. The Hall–Kier alpha value is -3.46. The first-order valence-electron chi connectivity index (χ1n) is 8.38. The highest BCUT2D eigenvalue weighted by Gasteiger charge is 2.50. The van der Waals surface area contributed by atoms with Crippen LogP contribution in [-0.4, -0.2) is 34.9 Å². The zero-order chi connectivity index (χ0) is 19.9. The van der Waals surface area contributed by atoms with E-state index in [0.29, 0.717) is 21.9 Å². The van der Waals surface area contributed by atoms with E-state index in [2.05, 4.69) is 15.7 Å². The standard InChI is InChI=1S/C19H16N4O4S/c1-19(12-4-3-5-13(9-12)27-2)17(25)23(18(26)21-19)22-16(24)11-6-7-14-15(8-11)28-10-20-14/h3-10H,1-2H3,(H,21,26)(H,22,24)/t19-/m1/s1. The van der Waals surface area contributed by atoms with Crippen LogP contribution in [0.2, 0.25) is 0 Å². The van der Waals surface area contributed by atoms with Crippen LogP contribution in [0.1, 0.15) is 22.8 Å². The summed E-state index contributed by atoms with van der Waals surface area (Å²) in [5, 5.41) is 3.35. The van der Waals surface area contributed by atoms with Crippen molar-refractivity contribution in [3.05, 3.63) is 59.1 Å². The van der Waals surface area contributed by atoms with Gasteiger partial charge in [0.1, 0.15) is 11.3 Å². The molecule has 142 valence electrons. The van der Waals surface area contributed by atoms with E-state index in [1.807, 2.05) is 0 Å². The van der Waals surface area contributed by atoms with Crippen molar-refractivity contribution in [1.82, 2.24) is 20.7 Å². The van der Waals surface area contributed by atoms with Crippen LogP contribution in [0.3, 0.4) is 0 Å². The van der Waals surface area contributed by atoms with Crippen LogP contribution in [0.15, 0.2) is 48.0 Å². The van der Waals surface area contributed by atoms with E-state index < -0.39 is 23.4 Å². The highest BCUT2D eigenvalue weighted by atomic mass is 32.1. The van der Waals surface area contributed by atoms with Gasteiger partial charge in [0, 0.05) is 5.56 Å². The van der Waals surface area contributed by atoms with Crippen molar-refractivity contribution < 1.29 is 19.1 Å². The summed E-state index contributed by atoms with van der Waals surface area (Å²) in [5.41, 5.74) is 4.41. The van der Waals surface area contributed by atoms with Crippen molar-refractivity contribution >= 4 is 39.4 Å².